The number of nitrogen functional groups attached to an aromatic ring is 1. The lowest BCUT2D eigenvalue weighted by molar-refractivity contribution is 0.0616. The van der Waals surface area contributed by atoms with Gasteiger partial charge in [0.05, 0.1) is 24.3 Å². The van der Waals surface area contributed by atoms with E-state index in [2.05, 4.69) is 15.0 Å². The van der Waals surface area contributed by atoms with Crippen LogP contribution in [-0.4, -0.2) is 41.9 Å². The minimum absolute atomic E-state index is 0.0339. The molecule has 3 aromatic heterocycles. The topological polar surface area (TPSA) is 110 Å². The monoisotopic (exact) mass is 301 g/mol. The Kier molecular flexibility index (Phi) is 3.46. The maximum atomic E-state index is 10.2. The van der Waals surface area contributed by atoms with Crippen molar-refractivity contribution in [2.24, 2.45) is 0 Å². The average Bonchev–Trinajstić information content (AvgIpc) is 2.77. The third-order valence-electron chi connectivity index (χ3n) is 3.42. The van der Waals surface area contributed by atoms with Crippen LogP contribution in [0.15, 0.2) is 18.3 Å². The number of aliphatic hydroxyl groups is 2. The second-order valence-electron chi connectivity index (χ2n) is 5.97. The lowest BCUT2D eigenvalue weighted by Crippen LogP contribution is -2.27. The molecular formula is C15H19N5O2. The number of aromatic nitrogens is 4. The van der Waals surface area contributed by atoms with Gasteiger partial charge in [-0.3, -0.25) is 4.98 Å². The first-order valence-corrected chi connectivity index (χ1v) is 7.13. The molecule has 0 aliphatic rings. The molecule has 0 aliphatic heterocycles. The standard InChI is InChI=1S/C15H19N5O2/c1-15(2,22)8-20-10(5-7-21)19-12-13(20)11-9(18-14(12)16)4-3-6-17-11/h3-4,6,21-22H,5,7-8H2,1-2H3,(H2,16,18). The van der Waals surface area contributed by atoms with Crippen LogP contribution in [0.4, 0.5) is 5.82 Å². The Labute approximate surface area is 127 Å². The number of anilines is 1. The third kappa shape index (κ3) is 2.49. The molecule has 0 unspecified atom stereocenters. The highest BCUT2D eigenvalue weighted by atomic mass is 16.3. The molecule has 3 heterocycles. The van der Waals surface area contributed by atoms with Gasteiger partial charge in [-0.2, -0.15) is 0 Å². The normalized spacial score (nSPS) is 12.4. The molecule has 7 heteroatoms. The zero-order valence-corrected chi connectivity index (χ0v) is 12.6. The Morgan fingerprint density at radius 1 is 1.27 bits per heavy atom. The molecule has 0 saturated heterocycles. The molecular weight excluding hydrogens is 282 g/mol. The van der Waals surface area contributed by atoms with Crippen molar-refractivity contribution in [3.05, 3.63) is 24.2 Å². The van der Waals surface area contributed by atoms with Crippen molar-refractivity contribution in [1.82, 2.24) is 19.5 Å². The summed E-state index contributed by atoms with van der Waals surface area (Å²) in [5.74, 6) is 0.982. The van der Waals surface area contributed by atoms with Gasteiger partial charge >= 0.3 is 0 Å². The van der Waals surface area contributed by atoms with E-state index in [1.807, 2.05) is 10.6 Å². The fourth-order valence-electron chi connectivity index (χ4n) is 2.62. The largest absolute Gasteiger partial charge is 0.396 e. The molecule has 0 aromatic carbocycles. The average molecular weight is 301 g/mol. The number of hydrogen-bond acceptors (Lipinski definition) is 6. The Morgan fingerprint density at radius 3 is 2.73 bits per heavy atom. The van der Waals surface area contributed by atoms with Crippen molar-refractivity contribution < 1.29 is 10.2 Å². The number of rotatable bonds is 4. The highest BCUT2D eigenvalue weighted by molar-refractivity contribution is 6.04. The number of nitrogens with zero attached hydrogens (tertiary/aromatic N) is 4. The van der Waals surface area contributed by atoms with Crippen molar-refractivity contribution >= 4 is 27.9 Å². The Balaban J connectivity index is 2.39. The van der Waals surface area contributed by atoms with Gasteiger partial charge in [0.25, 0.3) is 0 Å². The fraction of sp³-hybridized carbons (Fsp3) is 0.400. The quantitative estimate of drug-likeness (QED) is 0.659. The highest BCUT2D eigenvalue weighted by Crippen LogP contribution is 2.28. The summed E-state index contributed by atoms with van der Waals surface area (Å²) in [5.41, 5.74) is 7.76. The smallest absolute Gasteiger partial charge is 0.152 e. The summed E-state index contributed by atoms with van der Waals surface area (Å²) in [7, 11) is 0. The molecule has 0 saturated carbocycles. The van der Waals surface area contributed by atoms with Gasteiger partial charge in [-0.1, -0.05) is 0 Å². The second kappa shape index (κ2) is 5.19. The molecule has 22 heavy (non-hydrogen) atoms. The second-order valence-corrected chi connectivity index (χ2v) is 5.97. The minimum Gasteiger partial charge on any atom is -0.396 e. The van der Waals surface area contributed by atoms with Crippen molar-refractivity contribution in [2.75, 3.05) is 12.3 Å². The third-order valence-corrected chi connectivity index (χ3v) is 3.42. The van der Waals surface area contributed by atoms with Gasteiger partial charge in [0.15, 0.2) is 5.82 Å². The first-order chi connectivity index (χ1) is 10.4. The van der Waals surface area contributed by atoms with Crippen LogP contribution < -0.4 is 5.73 Å². The molecule has 0 spiro atoms. The van der Waals surface area contributed by atoms with E-state index < -0.39 is 5.60 Å². The minimum atomic E-state index is -0.934. The van der Waals surface area contributed by atoms with Gasteiger partial charge in [-0.25, -0.2) is 9.97 Å². The van der Waals surface area contributed by atoms with Gasteiger partial charge in [0, 0.05) is 12.6 Å². The molecule has 0 bridgehead atoms. The number of aliphatic hydroxyl groups excluding tert-OH is 1. The molecule has 116 valence electrons. The number of fused-ring (bicyclic) bond motifs is 3. The van der Waals surface area contributed by atoms with E-state index in [9.17, 15) is 10.2 Å². The van der Waals surface area contributed by atoms with Crippen LogP contribution in [0.5, 0.6) is 0 Å². The van der Waals surface area contributed by atoms with Gasteiger partial charge in [-0.05, 0) is 26.0 Å². The molecule has 7 nitrogen and oxygen atoms in total. The molecule has 0 fully saturated rings. The van der Waals surface area contributed by atoms with Crippen LogP contribution in [0.3, 0.4) is 0 Å². The SMILES string of the molecule is CC(C)(O)Cn1c(CCO)nc2c(N)nc3cccnc3c21. The van der Waals surface area contributed by atoms with E-state index in [-0.39, 0.29) is 6.61 Å². The summed E-state index contributed by atoms with van der Waals surface area (Å²) in [4.78, 5) is 13.2. The molecule has 3 rings (SSSR count). The Hall–Kier alpha value is -2.25. The maximum Gasteiger partial charge on any atom is 0.152 e. The van der Waals surface area contributed by atoms with E-state index in [1.165, 1.54) is 0 Å². The number of pyridine rings is 2. The lowest BCUT2D eigenvalue weighted by Gasteiger charge is -2.20. The van der Waals surface area contributed by atoms with E-state index in [0.717, 1.165) is 5.52 Å². The molecule has 0 radical (unpaired) electrons. The summed E-state index contributed by atoms with van der Waals surface area (Å²) < 4.78 is 1.87. The fourth-order valence-corrected chi connectivity index (χ4v) is 2.62. The maximum absolute atomic E-state index is 10.2. The van der Waals surface area contributed by atoms with Crippen molar-refractivity contribution in [3.8, 4) is 0 Å². The molecule has 0 atom stereocenters. The van der Waals surface area contributed by atoms with Crippen LogP contribution in [-0.2, 0) is 13.0 Å². The summed E-state index contributed by atoms with van der Waals surface area (Å²) in [6.07, 6.45) is 2.06. The number of nitrogens with two attached hydrogens (primary N) is 1. The Morgan fingerprint density at radius 2 is 2.05 bits per heavy atom. The molecule has 0 amide bonds. The summed E-state index contributed by atoms with van der Waals surface area (Å²) >= 11 is 0. The van der Waals surface area contributed by atoms with E-state index in [0.29, 0.717) is 41.2 Å². The first kappa shape index (κ1) is 14.7. The lowest BCUT2D eigenvalue weighted by atomic mass is 10.1. The van der Waals surface area contributed by atoms with E-state index in [4.69, 9.17) is 5.73 Å². The first-order valence-electron chi connectivity index (χ1n) is 7.13. The van der Waals surface area contributed by atoms with Crippen molar-refractivity contribution in [2.45, 2.75) is 32.4 Å². The van der Waals surface area contributed by atoms with Gasteiger partial charge < -0.3 is 20.5 Å². The van der Waals surface area contributed by atoms with Crippen LogP contribution in [0.1, 0.15) is 19.7 Å². The van der Waals surface area contributed by atoms with Crippen LogP contribution in [0.25, 0.3) is 22.1 Å². The number of hydrogen-bond donors (Lipinski definition) is 3. The molecule has 3 aromatic rings. The summed E-state index contributed by atoms with van der Waals surface area (Å²) in [6, 6.07) is 3.64. The van der Waals surface area contributed by atoms with Crippen molar-refractivity contribution in [1.29, 1.82) is 0 Å². The van der Waals surface area contributed by atoms with Crippen LogP contribution in [0, 0.1) is 0 Å². The van der Waals surface area contributed by atoms with Gasteiger partial charge in [-0.15, -0.1) is 0 Å². The number of imidazole rings is 1. The molecule has 4 N–H and O–H groups in total. The van der Waals surface area contributed by atoms with Crippen LogP contribution >= 0.6 is 0 Å². The van der Waals surface area contributed by atoms with E-state index in [1.54, 1.807) is 26.1 Å². The zero-order valence-electron chi connectivity index (χ0n) is 12.6. The van der Waals surface area contributed by atoms with Crippen molar-refractivity contribution in [3.63, 3.8) is 0 Å². The van der Waals surface area contributed by atoms with Gasteiger partial charge in [0.2, 0.25) is 0 Å². The predicted octanol–water partition coefficient (Wildman–Crippen LogP) is 0.867. The van der Waals surface area contributed by atoms with E-state index >= 15 is 0 Å². The van der Waals surface area contributed by atoms with Gasteiger partial charge in [0.1, 0.15) is 22.4 Å². The summed E-state index contributed by atoms with van der Waals surface area (Å²) in [6.45, 7) is 3.74. The predicted molar refractivity (Wildman–Crippen MR) is 84.3 cm³/mol. The molecule has 0 aliphatic carbocycles. The zero-order chi connectivity index (χ0) is 15.9. The highest BCUT2D eigenvalue weighted by Gasteiger charge is 2.22. The van der Waals surface area contributed by atoms with Crippen LogP contribution in [0.2, 0.25) is 0 Å². The summed E-state index contributed by atoms with van der Waals surface area (Å²) in [5, 5.41) is 19.5. The Bertz CT molecular complexity index is 835.